The van der Waals surface area contributed by atoms with Crippen LogP contribution in [0, 0.1) is 11.8 Å². The first-order chi connectivity index (χ1) is 9.15. The Morgan fingerprint density at radius 2 is 1.63 bits per heavy atom. The van der Waals surface area contributed by atoms with Crippen LogP contribution in [0.25, 0.3) is 0 Å². The second-order valence-corrected chi connectivity index (χ2v) is 6.37. The Hall–Kier alpha value is -0.860. The molecular formula is C17H28N2. The van der Waals surface area contributed by atoms with Crippen molar-refractivity contribution in [1.29, 1.82) is 0 Å². The first kappa shape index (κ1) is 14.5. The molecular weight excluding hydrogens is 232 g/mol. The highest BCUT2D eigenvalue weighted by Gasteiger charge is 2.35. The second kappa shape index (κ2) is 7.06. The largest absolute Gasteiger partial charge is 0.328 e. The molecule has 2 nitrogen and oxygen atoms in total. The lowest BCUT2D eigenvalue weighted by Crippen LogP contribution is -2.20. The molecule has 0 spiro atoms. The summed E-state index contributed by atoms with van der Waals surface area (Å²) >= 11 is 0. The lowest BCUT2D eigenvalue weighted by molar-refractivity contribution is 0.303. The Morgan fingerprint density at radius 1 is 1.11 bits per heavy atom. The van der Waals surface area contributed by atoms with Crippen LogP contribution in [0.1, 0.15) is 38.7 Å². The third kappa shape index (κ3) is 4.63. The zero-order valence-corrected chi connectivity index (χ0v) is 12.4. The van der Waals surface area contributed by atoms with E-state index >= 15 is 0 Å². The van der Waals surface area contributed by atoms with Gasteiger partial charge in [0.25, 0.3) is 0 Å². The molecule has 106 valence electrons. The molecule has 1 saturated carbocycles. The Kier molecular flexibility index (Phi) is 5.41. The van der Waals surface area contributed by atoms with Crippen molar-refractivity contribution in [2.45, 2.75) is 45.7 Å². The summed E-state index contributed by atoms with van der Waals surface area (Å²) in [6.07, 6.45) is 4.44. The van der Waals surface area contributed by atoms with Crippen molar-refractivity contribution >= 4 is 0 Å². The van der Waals surface area contributed by atoms with E-state index in [0.717, 1.165) is 18.4 Å². The Morgan fingerprint density at radius 3 is 2.16 bits per heavy atom. The molecule has 3 rings (SSSR count). The molecule has 1 aliphatic heterocycles. The Bertz CT molecular complexity index is 346. The van der Waals surface area contributed by atoms with Gasteiger partial charge in [0.15, 0.2) is 0 Å². The zero-order valence-electron chi connectivity index (χ0n) is 12.4. The topological polar surface area (TPSA) is 29.3 Å². The lowest BCUT2D eigenvalue weighted by atomic mass is 10.0. The van der Waals surface area contributed by atoms with Crippen LogP contribution in [-0.2, 0) is 6.54 Å². The Labute approximate surface area is 118 Å². The predicted molar refractivity (Wildman–Crippen MR) is 81.9 cm³/mol. The van der Waals surface area contributed by atoms with Crippen LogP contribution in [-0.4, -0.2) is 24.0 Å². The summed E-state index contributed by atoms with van der Waals surface area (Å²) in [7, 11) is 0. The van der Waals surface area contributed by atoms with Gasteiger partial charge in [-0.3, -0.25) is 4.90 Å². The molecule has 19 heavy (non-hydrogen) atoms. The van der Waals surface area contributed by atoms with Crippen molar-refractivity contribution in [2.75, 3.05) is 13.1 Å². The van der Waals surface area contributed by atoms with Gasteiger partial charge in [-0.25, -0.2) is 0 Å². The molecule has 0 radical (unpaired) electrons. The van der Waals surface area contributed by atoms with E-state index in [0.29, 0.717) is 6.04 Å². The molecule has 0 bridgehead atoms. The van der Waals surface area contributed by atoms with E-state index < -0.39 is 0 Å². The van der Waals surface area contributed by atoms with Gasteiger partial charge in [0.2, 0.25) is 0 Å². The molecule has 0 amide bonds. The number of hydrogen-bond donors (Lipinski definition) is 1. The highest BCUT2D eigenvalue weighted by atomic mass is 15.2. The summed E-state index contributed by atoms with van der Waals surface area (Å²) in [6, 6.07) is 11.2. The van der Waals surface area contributed by atoms with E-state index in [4.69, 9.17) is 5.73 Å². The van der Waals surface area contributed by atoms with Crippen molar-refractivity contribution in [3.05, 3.63) is 35.9 Å². The number of hydrogen-bond acceptors (Lipinski definition) is 2. The standard InChI is InChI=1S/C14H19N.C3H9N/c1-2-5-12(6-3-1)9-15-10-13-7-4-8-14(13)11-15;1-3(2)4/h1-3,5-6,13-14H,4,7-11H2;3H,4H2,1-2H3/t13-,14+;. The first-order valence-electron chi connectivity index (χ1n) is 7.67. The maximum Gasteiger partial charge on any atom is 0.0233 e. The molecule has 0 unspecified atom stereocenters. The van der Waals surface area contributed by atoms with Crippen molar-refractivity contribution in [1.82, 2.24) is 4.90 Å². The smallest absolute Gasteiger partial charge is 0.0233 e. The van der Waals surface area contributed by atoms with Crippen molar-refractivity contribution in [2.24, 2.45) is 17.6 Å². The minimum atomic E-state index is 0.333. The number of nitrogens with zero attached hydrogens (tertiary/aromatic N) is 1. The van der Waals surface area contributed by atoms with E-state index in [-0.39, 0.29) is 0 Å². The number of rotatable bonds is 2. The SMILES string of the molecule is CC(C)N.c1ccc(CN2C[C@H]3CCC[C@H]3C2)cc1. The van der Waals surface area contributed by atoms with E-state index in [2.05, 4.69) is 35.2 Å². The first-order valence-corrected chi connectivity index (χ1v) is 7.67. The van der Waals surface area contributed by atoms with Gasteiger partial charge >= 0.3 is 0 Å². The molecule has 1 aromatic carbocycles. The fourth-order valence-electron chi connectivity index (χ4n) is 3.30. The van der Waals surface area contributed by atoms with Crippen LogP contribution in [0.4, 0.5) is 0 Å². The van der Waals surface area contributed by atoms with E-state index in [1.165, 1.54) is 37.9 Å². The van der Waals surface area contributed by atoms with Gasteiger partial charge in [0.05, 0.1) is 0 Å². The zero-order chi connectivity index (χ0) is 13.7. The summed E-state index contributed by atoms with van der Waals surface area (Å²) < 4.78 is 0. The van der Waals surface area contributed by atoms with Crippen molar-refractivity contribution in [3.8, 4) is 0 Å². The molecule has 2 heteroatoms. The molecule has 2 atom stereocenters. The maximum absolute atomic E-state index is 5.11. The van der Waals surface area contributed by atoms with Crippen LogP contribution in [0.15, 0.2) is 30.3 Å². The van der Waals surface area contributed by atoms with Gasteiger partial charge < -0.3 is 5.73 Å². The monoisotopic (exact) mass is 260 g/mol. The highest BCUT2D eigenvalue weighted by Crippen LogP contribution is 2.38. The third-order valence-electron chi connectivity index (χ3n) is 4.05. The molecule has 0 aromatic heterocycles. The normalized spacial score (nSPS) is 26.1. The van der Waals surface area contributed by atoms with Crippen molar-refractivity contribution in [3.63, 3.8) is 0 Å². The average molecular weight is 260 g/mol. The summed E-state index contributed by atoms with van der Waals surface area (Å²) in [5, 5.41) is 0. The molecule has 2 fully saturated rings. The van der Waals surface area contributed by atoms with Crippen LogP contribution in [0.5, 0.6) is 0 Å². The predicted octanol–water partition coefficient (Wildman–Crippen LogP) is 3.27. The van der Waals surface area contributed by atoms with Gasteiger partial charge in [-0.15, -0.1) is 0 Å². The number of likely N-dealkylation sites (tertiary alicyclic amines) is 1. The van der Waals surface area contributed by atoms with Gasteiger partial charge in [0, 0.05) is 19.6 Å². The van der Waals surface area contributed by atoms with E-state index in [1.54, 1.807) is 0 Å². The third-order valence-corrected chi connectivity index (χ3v) is 4.05. The summed E-state index contributed by atoms with van der Waals surface area (Å²) in [6.45, 7) is 7.74. The van der Waals surface area contributed by atoms with E-state index in [9.17, 15) is 0 Å². The highest BCUT2D eigenvalue weighted by molar-refractivity contribution is 5.14. The van der Waals surface area contributed by atoms with Gasteiger partial charge in [-0.05, 0) is 36.3 Å². The van der Waals surface area contributed by atoms with E-state index in [1.807, 2.05) is 13.8 Å². The fourth-order valence-corrected chi connectivity index (χ4v) is 3.30. The number of benzene rings is 1. The summed E-state index contributed by atoms with van der Waals surface area (Å²) in [5.74, 6) is 2.04. The number of nitrogens with two attached hydrogens (primary N) is 1. The molecule has 2 N–H and O–H groups in total. The molecule has 1 aromatic rings. The maximum atomic E-state index is 5.11. The summed E-state index contributed by atoms with van der Waals surface area (Å²) in [5.41, 5.74) is 6.58. The molecule has 1 aliphatic carbocycles. The second-order valence-electron chi connectivity index (χ2n) is 6.37. The average Bonchev–Trinajstić information content (AvgIpc) is 2.90. The van der Waals surface area contributed by atoms with Gasteiger partial charge in [-0.1, -0.05) is 50.6 Å². The minimum absolute atomic E-state index is 0.333. The number of fused-ring (bicyclic) bond motifs is 1. The molecule has 2 aliphatic rings. The van der Waals surface area contributed by atoms with Gasteiger partial charge in [0.1, 0.15) is 0 Å². The van der Waals surface area contributed by atoms with Crippen LogP contribution < -0.4 is 5.73 Å². The molecule has 1 saturated heterocycles. The van der Waals surface area contributed by atoms with Crippen LogP contribution in [0.2, 0.25) is 0 Å². The van der Waals surface area contributed by atoms with Crippen LogP contribution in [0.3, 0.4) is 0 Å². The van der Waals surface area contributed by atoms with Crippen molar-refractivity contribution < 1.29 is 0 Å². The molecule has 1 heterocycles. The van der Waals surface area contributed by atoms with Crippen LogP contribution >= 0.6 is 0 Å². The Balaban J connectivity index is 0.000000297. The summed E-state index contributed by atoms with van der Waals surface area (Å²) in [4.78, 5) is 2.64. The quantitative estimate of drug-likeness (QED) is 0.884. The minimum Gasteiger partial charge on any atom is -0.328 e. The fraction of sp³-hybridized carbons (Fsp3) is 0.647. The van der Waals surface area contributed by atoms with Gasteiger partial charge in [-0.2, -0.15) is 0 Å². The lowest BCUT2D eigenvalue weighted by Gasteiger charge is -2.16.